The normalized spacial score (nSPS) is 11.6. The summed E-state index contributed by atoms with van der Waals surface area (Å²) in [6.07, 6.45) is 0. The molecule has 0 aliphatic carbocycles. The van der Waals surface area contributed by atoms with E-state index in [1.54, 1.807) is 0 Å². The van der Waals surface area contributed by atoms with Gasteiger partial charge in [-0.05, 0) is 136 Å². The Morgan fingerprint density at radius 1 is 0.179 bits per heavy atom. The molecule has 0 aliphatic heterocycles. The highest BCUT2D eigenvalue weighted by Crippen LogP contribution is 2.43. The first-order chi connectivity index (χ1) is 55.5. The van der Waals surface area contributed by atoms with E-state index in [0.29, 0.717) is 5.82 Å². The molecule has 22 rings (SSSR count). The summed E-state index contributed by atoms with van der Waals surface area (Å²) >= 11 is 0. The van der Waals surface area contributed by atoms with Crippen LogP contribution >= 0.6 is 0 Å². The van der Waals surface area contributed by atoms with E-state index >= 15 is 0 Å². The van der Waals surface area contributed by atoms with Gasteiger partial charge in [0.05, 0.1) is 44.8 Å². The lowest BCUT2D eigenvalue weighted by Gasteiger charge is -2.11. The van der Waals surface area contributed by atoms with E-state index < -0.39 is 0 Å². The van der Waals surface area contributed by atoms with Crippen LogP contribution in [0, 0.1) is 0 Å². The lowest BCUT2D eigenvalue weighted by atomic mass is 9.98. The smallest absolute Gasteiger partial charge is 0.160 e. The number of pyridine rings is 1. The van der Waals surface area contributed by atoms with Crippen molar-refractivity contribution < 1.29 is 8.83 Å². The van der Waals surface area contributed by atoms with Crippen LogP contribution in [-0.4, -0.2) is 24.1 Å². The highest BCUT2D eigenvalue weighted by atomic mass is 16.3. The Balaban J connectivity index is 0.000000141. The van der Waals surface area contributed by atoms with Crippen molar-refractivity contribution >= 4 is 87.5 Å². The molecule has 0 saturated heterocycles. The summed E-state index contributed by atoms with van der Waals surface area (Å²) in [5, 5.41) is 9.45. The second-order valence-electron chi connectivity index (χ2n) is 28.5. The van der Waals surface area contributed by atoms with Gasteiger partial charge in [-0.2, -0.15) is 0 Å². The number of benzene rings is 16. The van der Waals surface area contributed by atoms with E-state index in [0.717, 1.165) is 139 Å². The summed E-state index contributed by atoms with van der Waals surface area (Å²) in [5.41, 5.74) is 31.0. The van der Waals surface area contributed by atoms with Crippen molar-refractivity contribution in [3.8, 4) is 123 Å². The van der Waals surface area contributed by atoms with Gasteiger partial charge in [0, 0.05) is 93.4 Å². The van der Waals surface area contributed by atoms with Crippen LogP contribution in [0.1, 0.15) is 0 Å². The minimum Gasteiger partial charge on any atom is -0.455 e. The van der Waals surface area contributed by atoms with Gasteiger partial charge >= 0.3 is 0 Å². The van der Waals surface area contributed by atoms with Gasteiger partial charge in [0.25, 0.3) is 0 Å². The molecule has 0 spiro atoms. The molecule has 524 valence electrons. The molecule has 0 atom stereocenters. The van der Waals surface area contributed by atoms with E-state index in [4.69, 9.17) is 23.8 Å². The summed E-state index contributed by atoms with van der Waals surface area (Å²) in [5.74, 6) is 0.714. The maximum absolute atomic E-state index is 6.37. The van der Waals surface area contributed by atoms with Gasteiger partial charge in [0.1, 0.15) is 22.3 Å². The van der Waals surface area contributed by atoms with Gasteiger partial charge < -0.3 is 18.0 Å². The van der Waals surface area contributed by atoms with Gasteiger partial charge in [-0.3, -0.25) is 0 Å². The van der Waals surface area contributed by atoms with Crippen LogP contribution in [0.5, 0.6) is 0 Å². The molecule has 0 amide bonds. The first-order valence-electron chi connectivity index (χ1n) is 37.9. The monoisotopic (exact) mass is 1430 g/mol. The molecule has 7 nitrogen and oxygen atoms in total. The Morgan fingerprint density at radius 3 is 0.929 bits per heavy atom. The Morgan fingerprint density at radius 2 is 0.491 bits per heavy atom. The molecule has 112 heavy (non-hydrogen) atoms. The summed E-state index contributed by atoms with van der Waals surface area (Å²) in [7, 11) is 0. The Bertz CT molecular complexity index is 6750. The fourth-order valence-corrected chi connectivity index (χ4v) is 16.4. The van der Waals surface area contributed by atoms with Crippen LogP contribution in [0.4, 0.5) is 0 Å². The molecule has 16 aromatic carbocycles. The number of fused-ring (bicyclic) bond motifs is 12. The zero-order valence-corrected chi connectivity index (χ0v) is 60.7. The largest absolute Gasteiger partial charge is 0.455 e. The van der Waals surface area contributed by atoms with Crippen LogP contribution in [0.2, 0.25) is 0 Å². The van der Waals surface area contributed by atoms with Crippen LogP contribution in [0.15, 0.2) is 415 Å². The van der Waals surface area contributed by atoms with Crippen molar-refractivity contribution in [3.05, 3.63) is 406 Å². The minimum atomic E-state index is 0.714. The molecule has 0 aliphatic rings. The van der Waals surface area contributed by atoms with Crippen molar-refractivity contribution in [3.63, 3.8) is 0 Å². The van der Waals surface area contributed by atoms with Crippen molar-refractivity contribution in [2.45, 2.75) is 0 Å². The molecule has 6 aromatic heterocycles. The first-order valence-corrected chi connectivity index (χ1v) is 37.9. The summed E-state index contributed by atoms with van der Waals surface area (Å²) in [6.45, 7) is 0. The number of aromatic nitrogens is 5. The van der Waals surface area contributed by atoms with E-state index in [-0.39, 0.29) is 0 Å². The van der Waals surface area contributed by atoms with Crippen LogP contribution < -0.4 is 0 Å². The maximum Gasteiger partial charge on any atom is 0.160 e. The summed E-state index contributed by atoms with van der Waals surface area (Å²) in [4.78, 5) is 15.1. The molecule has 0 bridgehead atoms. The van der Waals surface area contributed by atoms with Gasteiger partial charge in [0.15, 0.2) is 5.82 Å². The number of hydrogen-bond donors (Lipinski definition) is 0. The lowest BCUT2D eigenvalue weighted by Crippen LogP contribution is -1.95. The van der Waals surface area contributed by atoms with E-state index in [1.165, 1.54) is 65.9 Å². The van der Waals surface area contributed by atoms with Crippen LogP contribution in [-0.2, 0) is 0 Å². The third-order valence-corrected chi connectivity index (χ3v) is 21.9. The molecule has 0 saturated carbocycles. The van der Waals surface area contributed by atoms with Crippen molar-refractivity contribution in [1.29, 1.82) is 0 Å². The minimum absolute atomic E-state index is 0.714. The summed E-state index contributed by atoms with van der Waals surface area (Å²) < 4.78 is 17.5. The van der Waals surface area contributed by atoms with E-state index in [9.17, 15) is 0 Å². The van der Waals surface area contributed by atoms with Gasteiger partial charge in [-0.1, -0.05) is 315 Å². The molecular weight excluding hydrogens is 1360 g/mol. The number of nitrogens with zero attached hydrogens (tertiary/aromatic N) is 5. The molecule has 22 aromatic rings. The Hall–Kier alpha value is -15.1. The fraction of sp³-hybridized carbons (Fsp3) is 0. The zero-order chi connectivity index (χ0) is 74.0. The number of rotatable bonds is 12. The maximum atomic E-state index is 6.37. The quantitative estimate of drug-likeness (QED) is 0.122. The second-order valence-corrected chi connectivity index (χ2v) is 28.5. The standard InChI is InChI=1S/C53H34N2O.C52H33N3O/c1-3-12-35(13-4-1)41-33-48(38-14-5-2-6-15-38)54-49(34-41)39-24-22-36(23-25-39)40-28-31-51-47(32-40)44-16-7-9-20-50(44)55(51)42-29-26-37(27-30-42)43-18-11-19-46-45-17-8-10-21-52(45)56-53(43)46;1-3-12-36(13-4-1)46-33-47(54-52(53-46)38-14-5-2-6-15-38)37-24-22-34(23-25-37)39-28-31-49-45(32-39)42-16-7-9-20-48(42)55(49)40-29-26-35(27-30-40)41-18-11-19-44-43-17-8-10-21-50(43)56-51(41)44/h1-34H;1-33H. The zero-order valence-electron chi connectivity index (χ0n) is 60.7. The van der Waals surface area contributed by atoms with E-state index in [1.807, 2.05) is 66.7 Å². The number of hydrogen-bond acceptors (Lipinski definition) is 5. The Kier molecular flexibility index (Phi) is 16.1. The van der Waals surface area contributed by atoms with Gasteiger partial charge in [-0.15, -0.1) is 0 Å². The van der Waals surface area contributed by atoms with Crippen molar-refractivity contribution in [2.75, 3.05) is 0 Å². The van der Waals surface area contributed by atoms with Gasteiger partial charge in [0.2, 0.25) is 0 Å². The predicted molar refractivity (Wildman–Crippen MR) is 464 cm³/mol. The van der Waals surface area contributed by atoms with Crippen molar-refractivity contribution in [1.82, 2.24) is 24.1 Å². The predicted octanol–water partition coefficient (Wildman–Crippen LogP) is 28.2. The lowest BCUT2D eigenvalue weighted by molar-refractivity contribution is 0.669. The van der Waals surface area contributed by atoms with Gasteiger partial charge in [-0.25, -0.2) is 15.0 Å². The molecule has 6 heterocycles. The highest BCUT2D eigenvalue weighted by molar-refractivity contribution is 6.14. The fourth-order valence-electron chi connectivity index (χ4n) is 16.4. The topological polar surface area (TPSA) is 74.8 Å². The van der Waals surface area contributed by atoms with Crippen molar-refractivity contribution in [2.24, 2.45) is 0 Å². The average Bonchev–Trinajstić information content (AvgIpc) is 1.61. The molecule has 0 unspecified atom stereocenters. The molecule has 0 fully saturated rings. The average molecular weight is 1430 g/mol. The number of para-hydroxylation sites is 6. The molecular formula is C105H67N5O2. The Labute approximate surface area is 646 Å². The van der Waals surface area contributed by atoms with Crippen LogP contribution in [0.3, 0.4) is 0 Å². The van der Waals surface area contributed by atoms with Crippen LogP contribution in [0.25, 0.3) is 211 Å². The second kappa shape index (κ2) is 27.6. The number of furan rings is 2. The summed E-state index contributed by atoms with van der Waals surface area (Å²) in [6, 6.07) is 144. The first kappa shape index (κ1) is 65.3. The molecule has 0 N–H and O–H groups in total. The SMILES string of the molecule is c1ccc(-c2cc(-c3ccc(-c4ccc5c(c4)c4ccccc4n5-c4ccc(-c5cccc6c5oc5ccccc56)cc4)cc3)nc(-c3ccccc3)n2)cc1.c1ccc(-c2cc(-c3ccccc3)nc(-c3ccc(-c4ccc5c(c4)c4ccccc4n5-c4ccc(-c5cccc6c5oc5ccccc56)cc4)cc3)c2)cc1. The molecule has 0 radical (unpaired) electrons. The molecule has 7 heteroatoms. The van der Waals surface area contributed by atoms with E-state index in [2.05, 4.69) is 349 Å². The highest BCUT2D eigenvalue weighted by Gasteiger charge is 2.21. The third kappa shape index (κ3) is 11.8. The third-order valence-electron chi connectivity index (χ3n) is 21.9.